The first-order chi connectivity index (χ1) is 14.2. The van der Waals surface area contributed by atoms with E-state index in [-0.39, 0.29) is 6.10 Å². The van der Waals surface area contributed by atoms with E-state index in [2.05, 4.69) is 43.8 Å². The summed E-state index contributed by atoms with van der Waals surface area (Å²) in [5.74, 6) is 3.15. The molecule has 0 atom stereocenters. The van der Waals surface area contributed by atoms with E-state index in [1.165, 1.54) is 5.56 Å². The van der Waals surface area contributed by atoms with Gasteiger partial charge < -0.3 is 4.74 Å². The predicted molar refractivity (Wildman–Crippen MR) is 111 cm³/mol. The molecule has 1 aliphatic heterocycles. The van der Waals surface area contributed by atoms with E-state index in [1.807, 2.05) is 24.3 Å². The molecular weight excluding hydrogens is 386 g/mol. The SMILES string of the molecule is CN1Cc2cc(Cl)ccc2-n2c(nnc2[C@H]2CC[C@H](Oc3ccccn3)CC2)C1. The van der Waals surface area contributed by atoms with Gasteiger partial charge in [0.05, 0.1) is 12.2 Å². The number of rotatable bonds is 3. The molecule has 2 aliphatic rings. The van der Waals surface area contributed by atoms with Gasteiger partial charge >= 0.3 is 0 Å². The molecule has 29 heavy (non-hydrogen) atoms. The average molecular weight is 410 g/mol. The van der Waals surface area contributed by atoms with Crippen molar-refractivity contribution in [3.63, 3.8) is 0 Å². The van der Waals surface area contributed by atoms with Crippen molar-refractivity contribution in [2.45, 2.75) is 50.8 Å². The van der Waals surface area contributed by atoms with Gasteiger partial charge in [-0.15, -0.1) is 10.2 Å². The third kappa shape index (κ3) is 3.74. The molecule has 150 valence electrons. The summed E-state index contributed by atoms with van der Waals surface area (Å²) in [7, 11) is 2.11. The summed E-state index contributed by atoms with van der Waals surface area (Å²) in [6.07, 6.45) is 6.05. The Morgan fingerprint density at radius 2 is 1.90 bits per heavy atom. The van der Waals surface area contributed by atoms with Gasteiger partial charge in [0, 0.05) is 29.7 Å². The highest BCUT2D eigenvalue weighted by molar-refractivity contribution is 6.30. The number of hydrogen-bond acceptors (Lipinski definition) is 5. The molecule has 0 N–H and O–H groups in total. The third-order valence-electron chi connectivity index (χ3n) is 5.85. The van der Waals surface area contributed by atoms with Crippen molar-refractivity contribution in [1.29, 1.82) is 0 Å². The predicted octanol–water partition coefficient (Wildman–Crippen LogP) is 4.37. The van der Waals surface area contributed by atoms with E-state index in [0.717, 1.165) is 61.1 Å². The summed E-state index contributed by atoms with van der Waals surface area (Å²) in [6, 6.07) is 11.9. The van der Waals surface area contributed by atoms with Gasteiger partial charge in [-0.05, 0) is 62.6 Å². The number of halogens is 1. The minimum atomic E-state index is 0.213. The van der Waals surface area contributed by atoms with Crippen LogP contribution in [0, 0.1) is 0 Å². The van der Waals surface area contributed by atoms with Gasteiger partial charge in [-0.3, -0.25) is 9.47 Å². The maximum Gasteiger partial charge on any atom is 0.213 e. The first-order valence-electron chi connectivity index (χ1n) is 10.2. The zero-order valence-electron chi connectivity index (χ0n) is 16.5. The molecule has 0 saturated heterocycles. The van der Waals surface area contributed by atoms with Crippen LogP contribution in [0.3, 0.4) is 0 Å². The molecule has 1 aliphatic carbocycles. The van der Waals surface area contributed by atoms with Gasteiger partial charge in [-0.1, -0.05) is 17.7 Å². The number of benzene rings is 1. The van der Waals surface area contributed by atoms with E-state index in [1.54, 1.807) is 6.20 Å². The Morgan fingerprint density at radius 1 is 1.03 bits per heavy atom. The number of ether oxygens (including phenoxy) is 1. The average Bonchev–Trinajstić information content (AvgIpc) is 3.06. The van der Waals surface area contributed by atoms with Crippen LogP contribution in [0.1, 0.15) is 48.8 Å². The van der Waals surface area contributed by atoms with Crippen molar-refractivity contribution in [3.05, 3.63) is 64.8 Å². The van der Waals surface area contributed by atoms with Crippen LogP contribution in [0.5, 0.6) is 5.88 Å². The molecule has 1 aromatic carbocycles. The molecule has 7 heteroatoms. The topological polar surface area (TPSA) is 56.1 Å². The summed E-state index contributed by atoms with van der Waals surface area (Å²) in [6.45, 7) is 1.63. The highest BCUT2D eigenvalue weighted by atomic mass is 35.5. The Labute approximate surface area is 175 Å². The van der Waals surface area contributed by atoms with Crippen LogP contribution in [0.15, 0.2) is 42.6 Å². The summed E-state index contributed by atoms with van der Waals surface area (Å²) in [4.78, 5) is 6.54. The Hall–Kier alpha value is -2.44. The molecule has 3 heterocycles. The second-order valence-electron chi connectivity index (χ2n) is 8.01. The van der Waals surface area contributed by atoms with Gasteiger partial charge in [0.15, 0.2) is 5.82 Å². The van der Waals surface area contributed by atoms with Crippen molar-refractivity contribution in [1.82, 2.24) is 24.6 Å². The zero-order chi connectivity index (χ0) is 19.8. The summed E-state index contributed by atoms with van der Waals surface area (Å²) in [5.41, 5.74) is 2.37. The third-order valence-corrected chi connectivity index (χ3v) is 6.09. The maximum atomic E-state index is 6.27. The van der Waals surface area contributed by atoms with Crippen molar-refractivity contribution < 1.29 is 4.74 Å². The van der Waals surface area contributed by atoms with E-state index in [0.29, 0.717) is 11.8 Å². The number of nitrogens with zero attached hydrogens (tertiary/aromatic N) is 5. The summed E-state index contributed by atoms with van der Waals surface area (Å²) >= 11 is 6.27. The van der Waals surface area contributed by atoms with Crippen molar-refractivity contribution >= 4 is 11.6 Å². The fraction of sp³-hybridized carbons (Fsp3) is 0.409. The minimum Gasteiger partial charge on any atom is -0.474 e. The van der Waals surface area contributed by atoms with Crippen molar-refractivity contribution in [2.75, 3.05) is 7.05 Å². The monoisotopic (exact) mass is 409 g/mol. The molecule has 1 saturated carbocycles. The fourth-order valence-corrected chi connectivity index (χ4v) is 4.67. The largest absolute Gasteiger partial charge is 0.474 e. The van der Waals surface area contributed by atoms with Crippen LogP contribution >= 0.6 is 11.6 Å². The molecule has 0 amide bonds. The number of hydrogen-bond donors (Lipinski definition) is 0. The Bertz CT molecular complexity index is 998. The molecular formula is C22H24ClN5O. The summed E-state index contributed by atoms with van der Waals surface area (Å²) in [5, 5.41) is 9.94. The van der Waals surface area contributed by atoms with Crippen LogP contribution in [-0.4, -0.2) is 37.8 Å². The van der Waals surface area contributed by atoms with Crippen LogP contribution in [0.4, 0.5) is 0 Å². The first kappa shape index (κ1) is 18.6. The van der Waals surface area contributed by atoms with Crippen LogP contribution in [0.25, 0.3) is 5.69 Å². The quantitative estimate of drug-likeness (QED) is 0.643. The van der Waals surface area contributed by atoms with Gasteiger partial charge in [0.1, 0.15) is 11.9 Å². The van der Waals surface area contributed by atoms with Crippen LogP contribution in [0.2, 0.25) is 5.02 Å². The summed E-state index contributed by atoms with van der Waals surface area (Å²) < 4.78 is 8.33. The number of fused-ring (bicyclic) bond motifs is 3. The van der Waals surface area contributed by atoms with Gasteiger partial charge in [-0.2, -0.15) is 0 Å². The normalized spacial score (nSPS) is 21.9. The molecule has 6 nitrogen and oxygen atoms in total. The first-order valence-corrected chi connectivity index (χ1v) is 10.5. The van der Waals surface area contributed by atoms with E-state index >= 15 is 0 Å². The molecule has 1 fully saturated rings. The Balaban J connectivity index is 1.38. The lowest BCUT2D eigenvalue weighted by Crippen LogP contribution is -2.25. The highest BCUT2D eigenvalue weighted by Crippen LogP contribution is 2.36. The lowest BCUT2D eigenvalue weighted by atomic mass is 9.86. The molecule has 5 rings (SSSR count). The smallest absolute Gasteiger partial charge is 0.213 e. The minimum absolute atomic E-state index is 0.213. The van der Waals surface area contributed by atoms with Crippen molar-refractivity contribution in [3.8, 4) is 11.6 Å². The molecule has 3 aromatic rings. The highest BCUT2D eigenvalue weighted by Gasteiger charge is 2.30. The molecule has 0 bridgehead atoms. The lowest BCUT2D eigenvalue weighted by molar-refractivity contribution is 0.139. The van der Waals surface area contributed by atoms with Gasteiger partial charge in [0.2, 0.25) is 5.88 Å². The molecule has 2 aromatic heterocycles. The molecule has 0 spiro atoms. The van der Waals surface area contributed by atoms with Gasteiger partial charge in [-0.25, -0.2) is 4.98 Å². The second-order valence-corrected chi connectivity index (χ2v) is 8.45. The lowest BCUT2D eigenvalue weighted by Gasteiger charge is -2.28. The molecule has 0 radical (unpaired) electrons. The molecule has 0 unspecified atom stereocenters. The standard InChI is InChI=1S/C22H24ClN5O/c1-27-13-16-12-17(23)7-10-19(16)28-20(14-27)25-26-22(28)15-5-8-18(9-6-15)29-21-4-2-3-11-24-21/h2-4,7,10-12,15,18H,5-6,8-9,13-14H2,1H3/t15-,18-. The van der Waals surface area contributed by atoms with Crippen LogP contribution < -0.4 is 4.74 Å². The Morgan fingerprint density at radius 3 is 2.69 bits per heavy atom. The van der Waals surface area contributed by atoms with E-state index in [4.69, 9.17) is 16.3 Å². The van der Waals surface area contributed by atoms with E-state index < -0.39 is 0 Å². The van der Waals surface area contributed by atoms with Crippen molar-refractivity contribution in [2.24, 2.45) is 0 Å². The second kappa shape index (κ2) is 7.76. The Kier molecular flexibility index (Phi) is 4.97. The van der Waals surface area contributed by atoms with E-state index in [9.17, 15) is 0 Å². The number of pyridine rings is 1. The maximum absolute atomic E-state index is 6.27. The van der Waals surface area contributed by atoms with Crippen LogP contribution in [-0.2, 0) is 13.1 Å². The zero-order valence-corrected chi connectivity index (χ0v) is 17.2. The van der Waals surface area contributed by atoms with Gasteiger partial charge in [0.25, 0.3) is 0 Å². The fourth-order valence-electron chi connectivity index (χ4n) is 4.47. The number of aromatic nitrogens is 4.